The van der Waals surface area contributed by atoms with Crippen LogP contribution in [0.25, 0.3) is 0 Å². The van der Waals surface area contributed by atoms with Gasteiger partial charge in [-0.05, 0) is 38.5 Å². The van der Waals surface area contributed by atoms with Gasteiger partial charge in [-0.1, -0.05) is 0 Å². The molecule has 1 heterocycles. The van der Waals surface area contributed by atoms with Crippen LogP contribution in [0.1, 0.15) is 38.5 Å². The Kier molecular flexibility index (Phi) is 7.56. The molecule has 1 aliphatic carbocycles. The minimum Gasteiger partial charge on any atom is -0.369 e. The van der Waals surface area contributed by atoms with E-state index in [1.54, 1.807) is 4.90 Å². The van der Waals surface area contributed by atoms with E-state index < -0.39 is 16.1 Å². The highest BCUT2D eigenvalue weighted by Crippen LogP contribution is 2.27. The number of carbonyl (C=O) groups is 1. The second-order valence-electron chi connectivity index (χ2n) is 5.89. The number of nitrogens with two attached hydrogens (primary N) is 2. The fraction of sp³-hybridized carbons (Fsp3) is 0.846. The molecule has 1 saturated heterocycles. The van der Waals surface area contributed by atoms with Crippen LogP contribution in [0.3, 0.4) is 0 Å². The molecule has 5 N–H and O–H groups in total. The van der Waals surface area contributed by atoms with Crippen LogP contribution in [0.15, 0.2) is 4.99 Å². The van der Waals surface area contributed by atoms with Crippen LogP contribution in [0, 0.1) is 0 Å². The number of nitrogens with zero attached hydrogens (tertiary/aromatic N) is 2. The number of halogens is 1. The summed E-state index contributed by atoms with van der Waals surface area (Å²) in [7, 11) is -3.36. The minimum absolute atomic E-state index is 0. The molecule has 10 heteroatoms. The third-order valence-corrected chi connectivity index (χ3v) is 5.74. The maximum absolute atomic E-state index is 12.0. The lowest BCUT2D eigenvalue weighted by molar-refractivity contribution is -0.131. The number of hydrogen-bond donors (Lipinski definition) is 3. The number of rotatable bonds is 7. The fourth-order valence-corrected chi connectivity index (χ4v) is 3.73. The summed E-state index contributed by atoms with van der Waals surface area (Å²) in [4.78, 5) is 17.8. The first-order valence-electron chi connectivity index (χ1n) is 7.76. The summed E-state index contributed by atoms with van der Waals surface area (Å²) in [5.74, 6) is -0.102. The van der Waals surface area contributed by atoms with Gasteiger partial charge in [0.1, 0.15) is 0 Å². The lowest BCUT2D eigenvalue weighted by Gasteiger charge is -2.19. The molecule has 134 valence electrons. The van der Waals surface area contributed by atoms with Gasteiger partial charge in [-0.25, -0.2) is 8.42 Å². The minimum atomic E-state index is -3.36. The fourth-order valence-electron chi connectivity index (χ4n) is 2.45. The Bertz CT molecular complexity index is 530. The first kappa shape index (κ1) is 20.0. The predicted molar refractivity (Wildman–Crippen MR) is 91.8 cm³/mol. The average molecular weight is 368 g/mol. The van der Waals surface area contributed by atoms with Crippen molar-refractivity contribution < 1.29 is 13.2 Å². The molecule has 1 atom stereocenters. The van der Waals surface area contributed by atoms with Gasteiger partial charge in [0, 0.05) is 19.6 Å². The van der Waals surface area contributed by atoms with E-state index in [1.807, 2.05) is 0 Å². The summed E-state index contributed by atoms with van der Waals surface area (Å²) in [6.45, 7) is 1.93. The van der Waals surface area contributed by atoms with Gasteiger partial charge in [-0.2, -0.15) is 0 Å². The van der Waals surface area contributed by atoms with Crippen molar-refractivity contribution in [1.29, 1.82) is 0 Å². The molecule has 8 nitrogen and oxygen atoms in total. The SMILES string of the molecule is Cl.NC(=NCCC[C@H](N)C(=O)N1CCCC1)NS(=O)(=O)C1CC1. The second-order valence-corrected chi connectivity index (χ2v) is 7.86. The van der Waals surface area contributed by atoms with E-state index in [9.17, 15) is 13.2 Å². The highest BCUT2D eigenvalue weighted by Gasteiger charge is 2.36. The number of aliphatic imine (C=N–C) groups is 1. The largest absolute Gasteiger partial charge is 0.369 e. The number of amides is 1. The van der Waals surface area contributed by atoms with E-state index in [1.165, 1.54) is 0 Å². The normalized spacial score (nSPS) is 20.0. The predicted octanol–water partition coefficient (Wildman–Crippen LogP) is -0.465. The Morgan fingerprint density at radius 1 is 1.30 bits per heavy atom. The van der Waals surface area contributed by atoms with Crippen LogP contribution in [-0.4, -0.2) is 56.1 Å². The molecule has 0 aromatic heterocycles. The Balaban J connectivity index is 0.00000264. The number of nitrogens with one attached hydrogen (secondary N) is 1. The summed E-state index contributed by atoms with van der Waals surface area (Å²) in [6, 6.07) is -0.516. The van der Waals surface area contributed by atoms with Crippen molar-refractivity contribution >= 4 is 34.3 Å². The van der Waals surface area contributed by atoms with Crippen molar-refractivity contribution in [2.24, 2.45) is 16.5 Å². The van der Waals surface area contributed by atoms with Crippen molar-refractivity contribution in [3.63, 3.8) is 0 Å². The number of guanidine groups is 1. The van der Waals surface area contributed by atoms with Crippen LogP contribution >= 0.6 is 12.4 Å². The Morgan fingerprint density at radius 3 is 2.48 bits per heavy atom. The Morgan fingerprint density at radius 2 is 1.91 bits per heavy atom. The molecule has 2 aliphatic rings. The van der Waals surface area contributed by atoms with Crippen molar-refractivity contribution in [2.45, 2.75) is 49.8 Å². The van der Waals surface area contributed by atoms with Crippen LogP contribution < -0.4 is 16.2 Å². The number of carbonyl (C=O) groups excluding carboxylic acids is 1. The van der Waals surface area contributed by atoms with Crippen LogP contribution in [0.2, 0.25) is 0 Å². The monoisotopic (exact) mass is 367 g/mol. The summed E-state index contributed by atoms with van der Waals surface area (Å²) in [5.41, 5.74) is 11.4. The van der Waals surface area contributed by atoms with E-state index in [2.05, 4.69) is 9.71 Å². The molecular weight excluding hydrogens is 342 g/mol. The van der Waals surface area contributed by atoms with Gasteiger partial charge in [-0.3, -0.25) is 14.5 Å². The zero-order valence-corrected chi connectivity index (χ0v) is 14.7. The summed E-state index contributed by atoms with van der Waals surface area (Å²) in [6.07, 6.45) is 4.54. The molecule has 0 radical (unpaired) electrons. The maximum Gasteiger partial charge on any atom is 0.239 e. The molecule has 0 aromatic carbocycles. The van der Waals surface area contributed by atoms with Crippen molar-refractivity contribution in [3.8, 4) is 0 Å². The van der Waals surface area contributed by atoms with Gasteiger partial charge in [0.2, 0.25) is 21.9 Å². The van der Waals surface area contributed by atoms with Gasteiger partial charge in [-0.15, -0.1) is 12.4 Å². The molecule has 1 aliphatic heterocycles. The average Bonchev–Trinajstić information content (AvgIpc) is 3.19. The second kappa shape index (κ2) is 8.70. The third kappa shape index (κ3) is 6.15. The Hall–Kier alpha value is -1.06. The molecule has 23 heavy (non-hydrogen) atoms. The molecule has 1 saturated carbocycles. The highest BCUT2D eigenvalue weighted by atomic mass is 35.5. The molecule has 0 aromatic rings. The number of likely N-dealkylation sites (tertiary alicyclic amines) is 1. The molecule has 2 fully saturated rings. The van der Waals surface area contributed by atoms with Gasteiger partial charge >= 0.3 is 0 Å². The Labute approximate surface area is 143 Å². The van der Waals surface area contributed by atoms with E-state index in [0.29, 0.717) is 32.2 Å². The number of hydrogen-bond acceptors (Lipinski definition) is 5. The molecule has 0 unspecified atom stereocenters. The van der Waals surface area contributed by atoms with Gasteiger partial charge in [0.15, 0.2) is 0 Å². The van der Waals surface area contributed by atoms with Crippen LogP contribution in [-0.2, 0) is 14.8 Å². The number of sulfonamides is 1. The van der Waals surface area contributed by atoms with Crippen molar-refractivity contribution in [3.05, 3.63) is 0 Å². The summed E-state index contributed by atoms with van der Waals surface area (Å²) >= 11 is 0. The maximum atomic E-state index is 12.0. The molecule has 1 amide bonds. The zero-order valence-electron chi connectivity index (χ0n) is 13.1. The van der Waals surface area contributed by atoms with Crippen LogP contribution in [0.5, 0.6) is 0 Å². The molecular formula is C13H26ClN5O3S. The first-order valence-corrected chi connectivity index (χ1v) is 9.30. The highest BCUT2D eigenvalue weighted by molar-refractivity contribution is 7.90. The smallest absolute Gasteiger partial charge is 0.239 e. The summed E-state index contributed by atoms with van der Waals surface area (Å²) in [5, 5.41) is -0.326. The quantitative estimate of drug-likeness (QED) is 0.318. The molecule has 0 spiro atoms. The first-order chi connectivity index (χ1) is 10.4. The van der Waals surface area contributed by atoms with Crippen molar-refractivity contribution in [2.75, 3.05) is 19.6 Å². The van der Waals surface area contributed by atoms with E-state index in [0.717, 1.165) is 25.9 Å². The molecule has 0 bridgehead atoms. The van der Waals surface area contributed by atoms with Gasteiger partial charge in [0.25, 0.3) is 0 Å². The summed E-state index contributed by atoms with van der Waals surface area (Å²) < 4.78 is 25.5. The standard InChI is InChI=1S/C13H25N5O3S.ClH/c14-11(12(19)18-8-1-2-9-18)4-3-7-16-13(15)17-22(20,21)10-5-6-10;/h10-11H,1-9,14H2,(H3,15,16,17);1H/t11-;/m0./s1. The van der Waals surface area contributed by atoms with Gasteiger partial charge in [0.05, 0.1) is 11.3 Å². The zero-order chi connectivity index (χ0) is 16.2. The van der Waals surface area contributed by atoms with Crippen LogP contribution in [0.4, 0.5) is 0 Å². The topological polar surface area (TPSA) is 131 Å². The third-order valence-electron chi connectivity index (χ3n) is 3.90. The van der Waals surface area contributed by atoms with E-state index in [-0.39, 0.29) is 29.5 Å². The van der Waals surface area contributed by atoms with E-state index in [4.69, 9.17) is 11.5 Å². The molecule has 2 rings (SSSR count). The van der Waals surface area contributed by atoms with Crippen molar-refractivity contribution in [1.82, 2.24) is 9.62 Å². The lowest BCUT2D eigenvalue weighted by atomic mass is 10.1. The lowest BCUT2D eigenvalue weighted by Crippen LogP contribution is -2.42. The van der Waals surface area contributed by atoms with E-state index >= 15 is 0 Å². The van der Waals surface area contributed by atoms with Gasteiger partial charge < -0.3 is 16.4 Å².